The van der Waals surface area contributed by atoms with Crippen molar-refractivity contribution in [3.63, 3.8) is 0 Å². The molecule has 0 saturated carbocycles. The van der Waals surface area contributed by atoms with Gasteiger partial charge in [0.15, 0.2) is 0 Å². The van der Waals surface area contributed by atoms with Gasteiger partial charge in [0.1, 0.15) is 0 Å². The Hall–Kier alpha value is -0.930. The number of hydrogen-bond donors (Lipinski definition) is 2. The van der Waals surface area contributed by atoms with Gasteiger partial charge in [-0.1, -0.05) is 0 Å². The van der Waals surface area contributed by atoms with E-state index in [1.54, 1.807) is 4.90 Å². The highest BCUT2D eigenvalue weighted by atomic mass is 32.1. The van der Waals surface area contributed by atoms with Gasteiger partial charge in [-0.25, -0.2) is 0 Å². The maximum absolute atomic E-state index is 12.3. The molecule has 92 valence electrons. The molecule has 5 nitrogen and oxygen atoms in total. The lowest BCUT2D eigenvalue weighted by Crippen LogP contribution is -2.33. The van der Waals surface area contributed by atoms with Crippen molar-refractivity contribution in [3.05, 3.63) is 5.82 Å². The first-order valence-electron chi connectivity index (χ1n) is 4.55. The molecule has 0 aromatic carbocycles. The molecular weight excluding hydrogens is 243 g/mol. The first kappa shape index (κ1) is 13.1. The van der Waals surface area contributed by atoms with Gasteiger partial charge in [-0.3, -0.25) is 0 Å². The molecule has 0 spiro atoms. The van der Waals surface area contributed by atoms with E-state index in [1.807, 2.05) is 0 Å². The van der Waals surface area contributed by atoms with Crippen LogP contribution < -0.4 is 16.4 Å². The summed E-state index contributed by atoms with van der Waals surface area (Å²) in [6.45, 7) is 1.45. The molecule has 4 N–H and O–H groups in total. The zero-order valence-electron chi connectivity index (χ0n) is 8.37. The average molecular weight is 255 g/mol. The topological polar surface area (TPSA) is 81.1 Å². The lowest BCUT2D eigenvalue weighted by molar-refractivity contribution is -0.144. The SMILES string of the molecule is NCCN(CCN)c1nc(C(F)(F)F)ns1. The minimum atomic E-state index is -4.51. The van der Waals surface area contributed by atoms with Crippen LogP contribution in [0.25, 0.3) is 0 Å². The molecule has 0 bridgehead atoms. The fourth-order valence-electron chi connectivity index (χ4n) is 1.07. The van der Waals surface area contributed by atoms with Crippen molar-refractivity contribution in [3.8, 4) is 0 Å². The fourth-order valence-corrected chi connectivity index (χ4v) is 1.81. The van der Waals surface area contributed by atoms with Gasteiger partial charge >= 0.3 is 6.18 Å². The number of anilines is 1. The number of alkyl halides is 3. The highest BCUT2D eigenvalue weighted by Crippen LogP contribution is 2.30. The van der Waals surface area contributed by atoms with Gasteiger partial charge in [-0.05, 0) is 0 Å². The lowest BCUT2D eigenvalue weighted by atomic mass is 10.5. The first-order valence-corrected chi connectivity index (χ1v) is 5.32. The molecule has 0 saturated heterocycles. The zero-order chi connectivity index (χ0) is 12.2. The van der Waals surface area contributed by atoms with Crippen molar-refractivity contribution in [2.24, 2.45) is 11.5 Å². The van der Waals surface area contributed by atoms with E-state index in [0.29, 0.717) is 37.7 Å². The molecule has 0 atom stereocenters. The monoisotopic (exact) mass is 255 g/mol. The number of aromatic nitrogens is 2. The summed E-state index contributed by atoms with van der Waals surface area (Å²) in [4.78, 5) is 5.01. The second-order valence-corrected chi connectivity index (χ2v) is 3.69. The van der Waals surface area contributed by atoms with Crippen LogP contribution >= 0.6 is 11.5 Å². The molecule has 1 rings (SSSR count). The largest absolute Gasteiger partial charge is 0.452 e. The number of halogens is 3. The Morgan fingerprint density at radius 3 is 2.12 bits per heavy atom. The van der Waals surface area contributed by atoms with E-state index >= 15 is 0 Å². The number of nitrogens with two attached hydrogens (primary N) is 2. The van der Waals surface area contributed by atoms with E-state index in [4.69, 9.17) is 11.5 Å². The molecule has 1 heterocycles. The molecule has 0 aliphatic carbocycles. The molecular formula is C7H12F3N5S. The Morgan fingerprint density at radius 2 is 1.75 bits per heavy atom. The second kappa shape index (κ2) is 5.41. The summed E-state index contributed by atoms with van der Waals surface area (Å²) in [6.07, 6.45) is -4.51. The van der Waals surface area contributed by atoms with Crippen LogP contribution in [0.5, 0.6) is 0 Å². The molecule has 0 unspecified atom stereocenters. The van der Waals surface area contributed by atoms with E-state index in [-0.39, 0.29) is 5.13 Å². The van der Waals surface area contributed by atoms with Crippen molar-refractivity contribution >= 4 is 16.7 Å². The third-order valence-electron chi connectivity index (χ3n) is 1.74. The van der Waals surface area contributed by atoms with E-state index in [9.17, 15) is 13.2 Å². The smallest absolute Gasteiger partial charge is 0.344 e. The minimum absolute atomic E-state index is 0.197. The maximum atomic E-state index is 12.3. The normalized spacial score (nSPS) is 11.8. The van der Waals surface area contributed by atoms with Crippen LogP contribution in [-0.4, -0.2) is 35.5 Å². The van der Waals surface area contributed by atoms with Gasteiger partial charge in [-0.2, -0.15) is 22.5 Å². The standard InChI is InChI=1S/C7H12F3N5S/c8-7(9,10)5-13-6(16-14-5)15(3-1-11)4-2-12/h1-4,11-12H2. The van der Waals surface area contributed by atoms with Gasteiger partial charge in [0.05, 0.1) is 0 Å². The van der Waals surface area contributed by atoms with Crippen LogP contribution in [0.2, 0.25) is 0 Å². The molecule has 0 aliphatic heterocycles. The lowest BCUT2D eigenvalue weighted by Gasteiger charge is -2.19. The van der Waals surface area contributed by atoms with Crippen molar-refractivity contribution in [1.82, 2.24) is 9.36 Å². The first-order chi connectivity index (χ1) is 7.49. The molecule has 9 heteroatoms. The summed E-state index contributed by atoms with van der Waals surface area (Å²) in [5.41, 5.74) is 10.7. The third-order valence-corrected chi connectivity index (χ3v) is 2.51. The van der Waals surface area contributed by atoms with Crippen LogP contribution in [-0.2, 0) is 6.18 Å². The van der Waals surface area contributed by atoms with E-state index in [0.717, 1.165) is 0 Å². The Bertz CT molecular complexity index is 320. The summed E-state index contributed by atoms with van der Waals surface area (Å²) < 4.78 is 40.0. The fraction of sp³-hybridized carbons (Fsp3) is 0.714. The summed E-state index contributed by atoms with van der Waals surface area (Å²) >= 11 is 0.698. The number of nitrogens with zero attached hydrogens (tertiary/aromatic N) is 3. The van der Waals surface area contributed by atoms with E-state index in [1.165, 1.54) is 0 Å². The van der Waals surface area contributed by atoms with Crippen LogP contribution in [0.3, 0.4) is 0 Å². The van der Waals surface area contributed by atoms with Gasteiger partial charge < -0.3 is 16.4 Å². The van der Waals surface area contributed by atoms with Gasteiger partial charge in [0.25, 0.3) is 0 Å². The van der Waals surface area contributed by atoms with Gasteiger partial charge in [0.2, 0.25) is 11.0 Å². The zero-order valence-corrected chi connectivity index (χ0v) is 9.18. The van der Waals surface area contributed by atoms with Crippen LogP contribution in [0.15, 0.2) is 0 Å². The summed E-state index contributed by atoms with van der Waals surface area (Å²) in [5.74, 6) is -1.12. The molecule has 0 aliphatic rings. The third kappa shape index (κ3) is 3.29. The molecule has 0 radical (unpaired) electrons. The summed E-state index contributed by atoms with van der Waals surface area (Å²) in [5, 5.41) is 0.197. The molecule has 1 aromatic heterocycles. The van der Waals surface area contributed by atoms with Crippen LogP contribution in [0, 0.1) is 0 Å². The second-order valence-electron chi connectivity index (χ2n) is 2.96. The Morgan fingerprint density at radius 1 is 1.19 bits per heavy atom. The Kier molecular flexibility index (Phi) is 4.44. The molecule has 0 fully saturated rings. The molecule has 1 aromatic rings. The van der Waals surface area contributed by atoms with Crippen molar-refractivity contribution in [2.45, 2.75) is 6.18 Å². The highest BCUT2D eigenvalue weighted by molar-refractivity contribution is 7.09. The van der Waals surface area contributed by atoms with Crippen molar-refractivity contribution in [1.29, 1.82) is 0 Å². The van der Waals surface area contributed by atoms with Crippen LogP contribution in [0.1, 0.15) is 5.82 Å². The Balaban J connectivity index is 2.81. The summed E-state index contributed by atoms with van der Waals surface area (Å²) in [6, 6.07) is 0. The van der Waals surface area contributed by atoms with Gasteiger partial charge in [-0.15, -0.1) is 0 Å². The predicted octanol–water partition coefficient (Wildman–Crippen LogP) is 0.281. The van der Waals surface area contributed by atoms with Crippen molar-refractivity contribution < 1.29 is 13.2 Å². The Labute approximate surface area is 94.4 Å². The molecule has 0 amide bonds. The quantitative estimate of drug-likeness (QED) is 0.790. The number of rotatable bonds is 5. The average Bonchev–Trinajstić information content (AvgIpc) is 2.65. The van der Waals surface area contributed by atoms with Crippen LogP contribution in [0.4, 0.5) is 18.3 Å². The van der Waals surface area contributed by atoms with Crippen molar-refractivity contribution in [2.75, 3.05) is 31.1 Å². The maximum Gasteiger partial charge on any atom is 0.452 e. The molecule has 16 heavy (non-hydrogen) atoms. The summed E-state index contributed by atoms with van der Waals surface area (Å²) in [7, 11) is 0. The van der Waals surface area contributed by atoms with E-state index in [2.05, 4.69) is 9.36 Å². The van der Waals surface area contributed by atoms with Gasteiger partial charge in [0, 0.05) is 37.7 Å². The minimum Gasteiger partial charge on any atom is -0.344 e. The predicted molar refractivity (Wildman–Crippen MR) is 55.2 cm³/mol. The van der Waals surface area contributed by atoms with E-state index < -0.39 is 12.0 Å². The number of hydrogen-bond acceptors (Lipinski definition) is 6. The highest BCUT2D eigenvalue weighted by Gasteiger charge is 2.36.